The van der Waals surface area contributed by atoms with E-state index < -0.39 is 0 Å². The summed E-state index contributed by atoms with van der Waals surface area (Å²) in [5.41, 5.74) is 5.03. The Hall–Kier alpha value is -2.36. The summed E-state index contributed by atoms with van der Waals surface area (Å²) in [4.78, 5) is 4.16. The van der Waals surface area contributed by atoms with Crippen LogP contribution in [0.4, 0.5) is 0 Å². The van der Waals surface area contributed by atoms with E-state index in [1.165, 1.54) is 0 Å². The van der Waals surface area contributed by atoms with Gasteiger partial charge in [0.2, 0.25) is 0 Å². The van der Waals surface area contributed by atoms with Gasteiger partial charge in [0, 0.05) is 29.1 Å². The van der Waals surface area contributed by atoms with E-state index in [9.17, 15) is 0 Å². The molecular formula is C16H16N2O2. The molecule has 0 bridgehead atoms. The molecule has 1 aromatic carbocycles. The van der Waals surface area contributed by atoms with Crippen LogP contribution in [-0.2, 0) is 13.0 Å². The number of nitrogens with zero attached hydrogens (tertiary/aromatic N) is 2. The van der Waals surface area contributed by atoms with Gasteiger partial charge < -0.3 is 9.94 Å². The normalized spacial score (nSPS) is 15.3. The van der Waals surface area contributed by atoms with Crippen molar-refractivity contribution in [3.8, 4) is 5.75 Å². The second-order valence-corrected chi connectivity index (χ2v) is 4.99. The van der Waals surface area contributed by atoms with Gasteiger partial charge in [-0.3, -0.25) is 4.98 Å². The maximum absolute atomic E-state index is 8.98. The third kappa shape index (κ3) is 2.37. The van der Waals surface area contributed by atoms with Gasteiger partial charge in [0.1, 0.15) is 12.4 Å². The van der Waals surface area contributed by atoms with Gasteiger partial charge in [-0.15, -0.1) is 0 Å². The van der Waals surface area contributed by atoms with E-state index in [0.29, 0.717) is 6.61 Å². The summed E-state index contributed by atoms with van der Waals surface area (Å²) in [6, 6.07) is 7.93. The molecule has 0 saturated carbocycles. The van der Waals surface area contributed by atoms with Gasteiger partial charge in [-0.1, -0.05) is 17.3 Å². The molecule has 0 atom stereocenters. The quantitative estimate of drug-likeness (QED) is 0.687. The van der Waals surface area contributed by atoms with Crippen molar-refractivity contribution in [2.75, 3.05) is 0 Å². The molecule has 0 spiro atoms. The highest BCUT2D eigenvalue weighted by Gasteiger charge is 2.21. The largest absolute Gasteiger partial charge is 0.489 e. The summed E-state index contributed by atoms with van der Waals surface area (Å²) in [5.74, 6) is 0.864. The first-order valence-corrected chi connectivity index (χ1v) is 6.64. The van der Waals surface area contributed by atoms with Gasteiger partial charge in [-0.25, -0.2) is 0 Å². The van der Waals surface area contributed by atoms with Gasteiger partial charge in [-0.05, 0) is 37.5 Å². The lowest BCUT2D eigenvalue weighted by Crippen LogP contribution is -2.00. The number of hydrogen-bond acceptors (Lipinski definition) is 4. The van der Waals surface area contributed by atoms with Crippen LogP contribution in [-0.4, -0.2) is 15.9 Å². The van der Waals surface area contributed by atoms with Crippen LogP contribution in [0.3, 0.4) is 0 Å². The molecule has 3 rings (SSSR count). The molecule has 1 N–H and O–H groups in total. The lowest BCUT2D eigenvalue weighted by molar-refractivity contribution is 0.303. The summed E-state index contributed by atoms with van der Waals surface area (Å²) in [7, 11) is 0. The molecule has 0 saturated heterocycles. The fourth-order valence-electron chi connectivity index (χ4n) is 2.57. The maximum atomic E-state index is 8.98. The van der Waals surface area contributed by atoms with E-state index in [1.807, 2.05) is 37.5 Å². The summed E-state index contributed by atoms with van der Waals surface area (Å²) in [6.07, 6.45) is 5.26. The summed E-state index contributed by atoms with van der Waals surface area (Å²) in [5, 5.41) is 12.3. The molecule has 0 unspecified atom stereocenters. The van der Waals surface area contributed by atoms with E-state index in [0.717, 1.165) is 46.6 Å². The highest BCUT2D eigenvalue weighted by atomic mass is 16.5. The Kier molecular flexibility index (Phi) is 3.37. The summed E-state index contributed by atoms with van der Waals surface area (Å²) >= 11 is 0. The zero-order valence-corrected chi connectivity index (χ0v) is 11.3. The first-order chi connectivity index (χ1) is 9.78. The van der Waals surface area contributed by atoms with Crippen LogP contribution in [0, 0.1) is 6.92 Å². The molecule has 4 nitrogen and oxygen atoms in total. The molecule has 1 aliphatic carbocycles. The van der Waals surface area contributed by atoms with Crippen molar-refractivity contribution in [1.82, 2.24) is 4.98 Å². The Morgan fingerprint density at radius 2 is 2.20 bits per heavy atom. The lowest BCUT2D eigenvalue weighted by Gasteiger charge is -2.10. The first kappa shape index (κ1) is 12.7. The van der Waals surface area contributed by atoms with E-state index >= 15 is 0 Å². The molecule has 0 amide bonds. The van der Waals surface area contributed by atoms with Crippen molar-refractivity contribution in [2.24, 2.45) is 5.16 Å². The molecule has 0 radical (unpaired) electrons. The molecule has 0 aliphatic heterocycles. The number of aryl methyl sites for hydroxylation is 1. The average molecular weight is 268 g/mol. The minimum absolute atomic E-state index is 0.497. The Bertz CT molecular complexity index is 665. The van der Waals surface area contributed by atoms with Crippen LogP contribution in [0.15, 0.2) is 41.8 Å². The molecule has 1 aromatic heterocycles. The second kappa shape index (κ2) is 5.33. The number of rotatable bonds is 3. The minimum atomic E-state index is 0.497. The maximum Gasteiger partial charge on any atom is 0.123 e. The van der Waals surface area contributed by atoms with Crippen LogP contribution < -0.4 is 4.74 Å². The molecule has 1 heterocycles. The smallest absolute Gasteiger partial charge is 0.123 e. The number of ether oxygens (including phenoxy) is 1. The van der Waals surface area contributed by atoms with Crippen molar-refractivity contribution in [2.45, 2.75) is 26.4 Å². The first-order valence-electron chi connectivity index (χ1n) is 6.64. The van der Waals surface area contributed by atoms with Crippen LogP contribution >= 0.6 is 0 Å². The number of aromatic nitrogens is 1. The fraction of sp³-hybridized carbons (Fsp3) is 0.250. The van der Waals surface area contributed by atoms with Gasteiger partial charge in [0.25, 0.3) is 0 Å². The number of oxime groups is 1. The predicted octanol–water partition coefficient (Wildman–Crippen LogP) is 3.09. The van der Waals surface area contributed by atoms with E-state index in [-0.39, 0.29) is 0 Å². The zero-order chi connectivity index (χ0) is 13.9. The van der Waals surface area contributed by atoms with Crippen LogP contribution in [0.1, 0.15) is 28.7 Å². The topological polar surface area (TPSA) is 54.7 Å². The standard InChI is InChI=1S/C16H16N2O2/c1-11-7-12(9-17-8-11)10-20-16-4-2-3-13-14(16)5-6-15(13)18-19/h2-4,7-9,19H,5-6,10H2,1H3/b18-15+. The van der Waals surface area contributed by atoms with Crippen LogP contribution in [0.25, 0.3) is 0 Å². The van der Waals surface area contributed by atoms with Crippen molar-refractivity contribution in [3.05, 3.63) is 58.9 Å². The third-order valence-corrected chi connectivity index (χ3v) is 3.50. The van der Waals surface area contributed by atoms with E-state index in [1.54, 1.807) is 0 Å². The van der Waals surface area contributed by atoms with Crippen LogP contribution in [0.2, 0.25) is 0 Å². The Labute approximate surface area is 117 Å². The van der Waals surface area contributed by atoms with Gasteiger partial charge >= 0.3 is 0 Å². The summed E-state index contributed by atoms with van der Waals surface area (Å²) in [6.45, 7) is 2.51. The van der Waals surface area contributed by atoms with E-state index in [4.69, 9.17) is 9.94 Å². The Balaban J connectivity index is 1.81. The Morgan fingerprint density at radius 1 is 1.30 bits per heavy atom. The number of fused-ring (bicyclic) bond motifs is 1. The number of benzene rings is 1. The highest BCUT2D eigenvalue weighted by molar-refractivity contribution is 6.04. The molecule has 2 aromatic rings. The molecule has 1 aliphatic rings. The third-order valence-electron chi connectivity index (χ3n) is 3.50. The second-order valence-electron chi connectivity index (χ2n) is 4.99. The average Bonchev–Trinajstić information content (AvgIpc) is 2.89. The van der Waals surface area contributed by atoms with Gasteiger partial charge in [-0.2, -0.15) is 0 Å². The molecule has 4 heteroatoms. The monoisotopic (exact) mass is 268 g/mol. The lowest BCUT2D eigenvalue weighted by atomic mass is 10.1. The van der Waals surface area contributed by atoms with Crippen molar-refractivity contribution >= 4 is 5.71 Å². The van der Waals surface area contributed by atoms with Crippen LogP contribution in [0.5, 0.6) is 5.75 Å². The number of pyridine rings is 1. The Morgan fingerprint density at radius 3 is 3.00 bits per heavy atom. The van der Waals surface area contributed by atoms with Gasteiger partial charge in [0.05, 0.1) is 5.71 Å². The fourth-order valence-corrected chi connectivity index (χ4v) is 2.57. The van der Waals surface area contributed by atoms with Crippen molar-refractivity contribution < 1.29 is 9.94 Å². The SMILES string of the molecule is Cc1cncc(COc2cccc3c2CC/C3=N\O)c1. The van der Waals surface area contributed by atoms with E-state index in [2.05, 4.69) is 16.2 Å². The molecule has 102 valence electrons. The molecular weight excluding hydrogens is 252 g/mol. The zero-order valence-electron chi connectivity index (χ0n) is 11.3. The van der Waals surface area contributed by atoms with Crippen molar-refractivity contribution in [1.29, 1.82) is 0 Å². The highest BCUT2D eigenvalue weighted by Crippen LogP contribution is 2.31. The van der Waals surface area contributed by atoms with Crippen molar-refractivity contribution in [3.63, 3.8) is 0 Å². The molecule has 20 heavy (non-hydrogen) atoms. The number of hydrogen-bond donors (Lipinski definition) is 1. The predicted molar refractivity (Wildman–Crippen MR) is 76.4 cm³/mol. The van der Waals surface area contributed by atoms with Gasteiger partial charge in [0.15, 0.2) is 0 Å². The molecule has 0 fully saturated rings. The summed E-state index contributed by atoms with van der Waals surface area (Å²) < 4.78 is 5.91. The minimum Gasteiger partial charge on any atom is -0.489 e.